The van der Waals surface area contributed by atoms with Crippen LogP contribution in [-0.2, 0) is 12.8 Å². The number of ether oxygens (including phenoxy) is 1. The number of nitrogens with zero attached hydrogens (tertiary/aromatic N) is 1. The predicted molar refractivity (Wildman–Crippen MR) is 96.0 cm³/mol. The summed E-state index contributed by atoms with van der Waals surface area (Å²) in [5.41, 5.74) is -1.27. The molecule has 144 valence electrons. The topological polar surface area (TPSA) is 55.0 Å². The number of rotatable bonds is 5. The molecule has 0 radical (unpaired) electrons. The van der Waals surface area contributed by atoms with Crippen LogP contribution in [0.15, 0.2) is 59.4 Å². The lowest BCUT2D eigenvalue weighted by molar-refractivity contribution is -0.141. The Hall–Kier alpha value is -3.42. The fourth-order valence-corrected chi connectivity index (χ4v) is 2.35. The highest BCUT2D eigenvalue weighted by Gasteiger charge is 2.32. The molecule has 8 heteroatoms. The van der Waals surface area contributed by atoms with E-state index in [1.54, 1.807) is 47.4 Å². The predicted octanol–water partition coefficient (Wildman–Crippen LogP) is 4.68. The van der Waals surface area contributed by atoms with Gasteiger partial charge in [0.15, 0.2) is 0 Å². The number of nitrogens with one attached hydrogen (secondary N) is 1. The molecule has 0 atom stereocenters. The van der Waals surface area contributed by atoms with Gasteiger partial charge in [0.25, 0.3) is 0 Å². The minimum Gasteiger partial charge on any atom is -0.489 e. The van der Waals surface area contributed by atoms with Crippen LogP contribution < -0.4 is 10.4 Å². The Balaban J connectivity index is 1.68. The Bertz CT molecular complexity index is 1040. The van der Waals surface area contributed by atoms with E-state index >= 15 is 0 Å². The molecular weight excluding hydrogens is 376 g/mol. The van der Waals surface area contributed by atoms with Crippen LogP contribution >= 0.6 is 0 Å². The van der Waals surface area contributed by atoms with Gasteiger partial charge in [0.1, 0.15) is 23.9 Å². The Labute approximate surface area is 157 Å². The highest BCUT2D eigenvalue weighted by atomic mass is 19.4. The molecular formula is C20H14F4N2O2. The molecule has 0 saturated carbocycles. The molecule has 0 saturated heterocycles. The summed E-state index contributed by atoms with van der Waals surface area (Å²) in [5, 5.41) is 0. The van der Waals surface area contributed by atoms with Crippen LogP contribution in [0.1, 0.15) is 22.5 Å². The molecule has 0 fully saturated rings. The normalized spacial score (nSPS) is 11.7. The monoisotopic (exact) mass is 390 g/mol. The molecule has 0 amide bonds. The minimum absolute atomic E-state index is 0.0682. The first-order valence-electron chi connectivity index (χ1n) is 8.14. The second-order valence-corrected chi connectivity index (χ2v) is 5.81. The van der Waals surface area contributed by atoms with E-state index < -0.39 is 17.6 Å². The summed E-state index contributed by atoms with van der Waals surface area (Å²) in [4.78, 5) is 16.4. The quantitative estimate of drug-likeness (QED) is 0.644. The van der Waals surface area contributed by atoms with Gasteiger partial charge in [-0.05, 0) is 35.9 Å². The van der Waals surface area contributed by atoms with Gasteiger partial charge in [0.05, 0.1) is 5.69 Å². The lowest BCUT2D eigenvalue weighted by Crippen LogP contribution is -2.19. The van der Waals surface area contributed by atoms with E-state index in [2.05, 4.69) is 4.98 Å². The van der Waals surface area contributed by atoms with E-state index in [9.17, 15) is 22.4 Å². The molecule has 0 unspecified atom stereocenters. The number of hydrogen-bond acceptors (Lipinski definition) is 3. The van der Waals surface area contributed by atoms with Crippen molar-refractivity contribution in [1.82, 2.24) is 9.97 Å². The molecule has 3 aromatic rings. The summed E-state index contributed by atoms with van der Waals surface area (Å²) in [5.74, 6) is 0.152. The fraction of sp³-hybridized carbons (Fsp3) is 0.100. The van der Waals surface area contributed by atoms with Crippen LogP contribution in [0.4, 0.5) is 17.6 Å². The van der Waals surface area contributed by atoms with Crippen molar-refractivity contribution in [3.05, 3.63) is 93.4 Å². The molecule has 28 heavy (non-hydrogen) atoms. The smallest absolute Gasteiger partial charge is 0.431 e. The van der Waals surface area contributed by atoms with Crippen molar-refractivity contribution >= 4 is 12.2 Å². The summed E-state index contributed by atoms with van der Waals surface area (Å²) in [6.07, 6.45) is -1.84. The van der Waals surface area contributed by atoms with Crippen molar-refractivity contribution in [2.45, 2.75) is 12.8 Å². The van der Waals surface area contributed by atoms with E-state index in [0.29, 0.717) is 16.9 Å². The second kappa shape index (κ2) is 8.08. The van der Waals surface area contributed by atoms with E-state index in [1.165, 1.54) is 18.2 Å². The number of aromatic amines is 1. The van der Waals surface area contributed by atoms with Gasteiger partial charge in [-0.15, -0.1) is 0 Å². The Morgan fingerprint density at radius 3 is 2.43 bits per heavy atom. The number of aromatic nitrogens is 2. The number of hydrogen-bond donors (Lipinski definition) is 1. The number of benzene rings is 2. The van der Waals surface area contributed by atoms with Gasteiger partial charge in [0.2, 0.25) is 0 Å². The van der Waals surface area contributed by atoms with Gasteiger partial charge in [-0.1, -0.05) is 36.4 Å². The van der Waals surface area contributed by atoms with Gasteiger partial charge >= 0.3 is 11.9 Å². The van der Waals surface area contributed by atoms with Crippen LogP contribution in [0.2, 0.25) is 0 Å². The summed E-state index contributed by atoms with van der Waals surface area (Å²) >= 11 is 0. The van der Waals surface area contributed by atoms with Crippen molar-refractivity contribution in [2.24, 2.45) is 0 Å². The maximum Gasteiger partial charge on any atom is 0.431 e. The first-order chi connectivity index (χ1) is 13.3. The van der Waals surface area contributed by atoms with E-state index in [0.717, 1.165) is 6.07 Å². The molecule has 1 heterocycles. The van der Waals surface area contributed by atoms with Crippen LogP contribution in [0.3, 0.4) is 0 Å². The lowest BCUT2D eigenvalue weighted by Gasteiger charge is -2.07. The van der Waals surface area contributed by atoms with Crippen molar-refractivity contribution < 1.29 is 22.3 Å². The summed E-state index contributed by atoms with van der Waals surface area (Å²) in [6.45, 7) is 0.0682. The minimum atomic E-state index is -4.66. The van der Waals surface area contributed by atoms with Crippen LogP contribution in [0.25, 0.3) is 12.2 Å². The number of alkyl halides is 3. The largest absolute Gasteiger partial charge is 0.489 e. The maximum atomic E-state index is 13.6. The third-order valence-corrected chi connectivity index (χ3v) is 3.75. The highest BCUT2D eigenvalue weighted by Crippen LogP contribution is 2.27. The Morgan fingerprint density at radius 2 is 1.75 bits per heavy atom. The van der Waals surface area contributed by atoms with E-state index in [1.807, 2.05) is 0 Å². The lowest BCUT2D eigenvalue weighted by atomic mass is 10.2. The molecule has 4 nitrogen and oxygen atoms in total. The molecule has 2 aromatic carbocycles. The van der Waals surface area contributed by atoms with Gasteiger partial charge in [0, 0.05) is 5.56 Å². The van der Waals surface area contributed by atoms with Gasteiger partial charge in [-0.3, -0.25) is 0 Å². The average Bonchev–Trinajstić information content (AvgIpc) is 2.65. The zero-order valence-corrected chi connectivity index (χ0v) is 14.3. The number of H-pyrrole nitrogens is 1. The van der Waals surface area contributed by atoms with Crippen molar-refractivity contribution in [3.8, 4) is 5.75 Å². The van der Waals surface area contributed by atoms with Crippen molar-refractivity contribution in [2.75, 3.05) is 0 Å². The Kier molecular flexibility index (Phi) is 5.58. The molecule has 0 bridgehead atoms. The van der Waals surface area contributed by atoms with E-state index in [4.69, 9.17) is 4.74 Å². The first-order valence-corrected chi connectivity index (χ1v) is 8.14. The molecule has 3 rings (SSSR count). The highest BCUT2D eigenvalue weighted by molar-refractivity contribution is 5.68. The van der Waals surface area contributed by atoms with Crippen LogP contribution in [0.5, 0.6) is 5.75 Å². The zero-order valence-electron chi connectivity index (χ0n) is 14.3. The molecule has 1 N–H and O–H groups in total. The average molecular weight is 390 g/mol. The zero-order chi connectivity index (χ0) is 20.1. The second-order valence-electron chi connectivity index (χ2n) is 5.81. The standard InChI is InChI=1S/C20H14F4N2O2/c21-17-4-2-1-3-14(17)12-28-16-9-6-13(7-10-16)5-8-15-11-18(20(22,23)24)26-19(27)25-15/h1-11H,12H2,(H,25,26,27). The fourth-order valence-electron chi connectivity index (χ4n) is 2.35. The summed E-state index contributed by atoms with van der Waals surface area (Å²) < 4.78 is 57.2. The molecule has 1 aromatic heterocycles. The molecule has 0 aliphatic rings. The van der Waals surface area contributed by atoms with Gasteiger partial charge in [-0.2, -0.15) is 18.2 Å². The Morgan fingerprint density at radius 1 is 1.04 bits per heavy atom. The SMILES string of the molecule is O=c1nc(C=Cc2ccc(OCc3ccccc3F)cc2)cc(C(F)(F)F)[nH]1. The summed E-state index contributed by atoms with van der Waals surface area (Å²) in [7, 11) is 0. The first kappa shape index (κ1) is 19.3. The van der Waals surface area contributed by atoms with Crippen LogP contribution in [0, 0.1) is 5.82 Å². The number of halogens is 4. The molecule has 0 aliphatic heterocycles. The van der Waals surface area contributed by atoms with Crippen molar-refractivity contribution in [3.63, 3.8) is 0 Å². The maximum absolute atomic E-state index is 13.6. The van der Waals surface area contributed by atoms with Gasteiger partial charge in [-0.25, -0.2) is 9.18 Å². The summed E-state index contributed by atoms with van der Waals surface area (Å²) in [6, 6.07) is 13.7. The molecule has 0 spiro atoms. The van der Waals surface area contributed by atoms with Crippen molar-refractivity contribution in [1.29, 1.82) is 0 Å². The third kappa shape index (κ3) is 5.06. The van der Waals surface area contributed by atoms with E-state index in [-0.39, 0.29) is 18.1 Å². The third-order valence-electron chi connectivity index (χ3n) is 3.75. The van der Waals surface area contributed by atoms with Gasteiger partial charge < -0.3 is 9.72 Å². The molecule has 0 aliphatic carbocycles. The van der Waals surface area contributed by atoms with Crippen LogP contribution in [-0.4, -0.2) is 9.97 Å².